The van der Waals surface area contributed by atoms with E-state index in [0.717, 1.165) is 83.5 Å². The molecule has 0 saturated carbocycles. The van der Waals surface area contributed by atoms with Crippen LogP contribution in [0.3, 0.4) is 0 Å². The molecule has 356 valence electrons. The number of esters is 3. The summed E-state index contributed by atoms with van der Waals surface area (Å²) in [6, 6.07) is 0. The van der Waals surface area contributed by atoms with Gasteiger partial charge in [-0.2, -0.15) is 0 Å². The summed E-state index contributed by atoms with van der Waals surface area (Å²) in [4.78, 5) is 37.9. The molecule has 0 spiro atoms. The lowest BCUT2D eigenvalue weighted by Gasteiger charge is -2.18. The van der Waals surface area contributed by atoms with E-state index >= 15 is 0 Å². The maximum Gasteiger partial charge on any atom is 0.306 e. The van der Waals surface area contributed by atoms with Crippen molar-refractivity contribution in [3.05, 3.63) is 72.9 Å². The van der Waals surface area contributed by atoms with Gasteiger partial charge in [-0.1, -0.05) is 222 Å². The van der Waals surface area contributed by atoms with E-state index in [4.69, 9.17) is 14.2 Å². The van der Waals surface area contributed by atoms with E-state index in [1.54, 1.807) is 0 Å². The molecule has 0 saturated heterocycles. The number of hydrogen-bond acceptors (Lipinski definition) is 6. The first-order valence-electron chi connectivity index (χ1n) is 25.9. The van der Waals surface area contributed by atoms with E-state index in [9.17, 15) is 14.4 Å². The molecule has 0 radical (unpaired) electrons. The molecular weight excluding hydrogens is 769 g/mol. The normalized spacial score (nSPS) is 12.6. The summed E-state index contributed by atoms with van der Waals surface area (Å²) >= 11 is 0. The first kappa shape index (κ1) is 58.9. The lowest BCUT2D eigenvalue weighted by Crippen LogP contribution is -2.30. The van der Waals surface area contributed by atoms with Gasteiger partial charge in [0.15, 0.2) is 6.10 Å². The molecule has 6 heteroatoms. The summed E-state index contributed by atoms with van der Waals surface area (Å²) < 4.78 is 16.7. The Kier molecular flexibility index (Phi) is 47.9. The minimum atomic E-state index is -0.805. The predicted octanol–water partition coefficient (Wildman–Crippen LogP) is 17.0. The number of rotatable bonds is 46. The van der Waals surface area contributed by atoms with Crippen molar-refractivity contribution in [2.75, 3.05) is 13.2 Å². The molecule has 0 amide bonds. The topological polar surface area (TPSA) is 78.9 Å². The third kappa shape index (κ3) is 47.9. The highest BCUT2D eigenvalue weighted by atomic mass is 16.6. The largest absolute Gasteiger partial charge is 0.462 e. The number of carbonyl (C=O) groups excluding carboxylic acids is 3. The van der Waals surface area contributed by atoms with Gasteiger partial charge in [0.2, 0.25) is 0 Å². The first-order valence-corrected chi connectivity index (χ1v) is 25.9. The van der Waals surface area contributed by atoms with Gasteiger partial charge in [-0.15, -0.1) is 0 Å². The monoisotopic (exact) mass is 865 g/mol. The molecule has 0 N–H and O–H groups in total. The van der Waals surface area contributed by atoms with Crippen molar-refractivity contribution in [2.24, 2.45) is 0 Å². The second-order valence-corrected chi connectivity index (χ2v) is 17.1. The highest BCUT2D eigenvalue weighted by Crippen LogP contribution is 2.15. The molecule has 1 atom stereocenters. The molecule has 0 fully saturated rings. The van der Waals surface area contributed by atoms with Crippen molar-refractivity contribution >= 4 is 17.9 Å². The van der Waals surface area contributed by atoms with Gasteiger partial charge in [-0.05, 0) is 77.0 Å². The van der Waals surface area contributed by atoms with E-state index in [2.05, 4.69) is 87.6 Å². The Hall–Kier alpha value is -3.15. The maximum atomic E-state index is 12.8. The van der Waals surface area contributed by atoms with Crippen LogP contribution in [-0.2, 0) is 28.6 Å². The lowest BCUT2D eigenvalue weighted by atomic mass is 10.0. The zero-order valence-electron chi connectivity index (χ0n) is 40.6. The highest BCUT2D eigenvalue weighted by Gasteiger charge is 2.19. The molecule has 0 aliphatic rings. The summed E-state index contributed by atoms with van der Waals surface area (Å²) in [5.74, 6) is -0.992. The predicted molar refractivity (Wildman–Crippen MR) is 265 cm³/mol. The lowest BCUT2D eigenvalue weighted by molar-refractivity contribution is -0.166. The summed E-state index contributed by atoms with van der Waals surface area (Å²) in [5, 5.41) is 0. The Labute approximate surface area is 382 Å². The first-order chi connectivity index (χ1) is 30.5. The Morgan fingerprint density at radius 1 is 0.339 bits per heavy atom. The van der Waals surface area contributed by atoms with E-state index in [1.165, 1.54) is 116 Å². The van der Waals surface area contributed by atoms with E-state index in [1.807, 2.05) is 6.08 Å². The average molecular weight is 865 g/mol. The Balaban J connectivity index is 4.47. The average Bonchev–Trinajstić information content (AvgIpc) is 3.27. The van der Waals surface area contributed by atoms with Crippen LogP contribution in [0.4, 0.5) is 0 Å². The third-order valence-corrected chi connectivity index (χ3v) is 11.0. The Bertz CT molecular complexity index is 1180. The van der Waals surface area contributed by atoms with E-state index < -0.39 is 6.10 Å². The van der Waals surface area contributed by atoms with Crippen molar-refractivity contribution in [1.29, 1.82) is 0 Å². The molecule has 0 aromatic carbocycles. The Morgan fingerprint density at radius 2 is 0.661 bits per heavy atom. The fraction of sp³-hybridized carbons (Fsp3) is 0.732. The SMILES string of the molecule is CC/C=C\C/C=C\C/C=C\C/C=C\C/C=C\CCC(=O)OCC(COC(=O)CCCCCCC/C=C\CCCCC)OC(=O)CCCCCCCCCCCCCCCCCC. The van der Waals surface area contributed by atoms with Crippen LogP contribution in [0, 0.1) is 0 Å². The van der Waals surface area contributed by atoms with Crippen LogP contribution in [-0.4, -0.2) is 37.2 Å². The van der Waals surface area contributed by atoms with Crippen LogP contribution in [0.25, 0.3) is 0 Å². The number of unbranched alkanes of at least 4 members (excludes halogenated alkanes) is 23. The highest BCUT2D eigenvalue weighted by molar-refractivity contribution is 5.71. The standard InChI is InChI=1S/C56H96O6/c1-4-7-10-13-16-19-22-25-27-29-31-34-37-40-43-46-49-55(58)61-52-53(51-60-54(57)48-45-42-39-36-33-24-21-18-15-12-9-6-3)62-56(59)50-47-44-41-38-35-32-30-28-26-23-20-17-14-11-8-5-2/h7,10,16,18-19,21,25,27,31,34,40,43,53H,4-6,8-9,11-15,17,20,22-24,26,28-30,32-33,35-39,41-42,44-52H2,1-3H3/b10-7-,19-16-,21-18-,27-25-,34-31-,43-40-. The van der Waals surface area contributed by atoms with Gasteiger partial charge >= 0.3 is 17.9 Å². The van der Waals surface area contributed by atoms with Crippen molar-refractivity contribution in [2.45, 2.75) is 252 Å². The van der Waals surface area contributed by atoms with Crippen LogP contribution >= 0.6 is 0 Å². The molecule has 0 aromatic rings. The molecule has 6 nitrogen and oxygen atoms in total. The second-order valence-electron chi connectivity index (χ2n) is 17.1. The Morgan fingerprint density at radius 3 is 1.11 bits per heavy atom. The molecule has 0 heterocycles. The summed E-state index contributed by atoms with van der Waals surface area (Å²) in [5.41, 5.74) is 0. The number of allylic oxidation sites excluding steroid dienone is 12. The van der Waals surface area contributed by atoms with Crippen LogP contribution in [0.5, 0.6) is 0 Å². The zero-order valence-corrected chi connectivity index (χ0v) is 40.6. The molecule has 0 bridgehead atoms. The van der Waals surface area contributed by atoms with Crippen molar-refractivity contribution in [3.63, 3.8) is 0 Å². The van der Waals surface area contributed by atoms with Crippen LogP contribution in [0.2, 0.25) is 0 Å². The zero-order chi connectivity index (χ0) is 45.1. The number of hydrogen-bond donors (Lipinski definition) is 0. The molecular formula is C56H96O6. The quantitative estimate of drug-likeness (QED) is 0.0262. The number of ether oxygens (including phenoxy) is 3. The van der Waals surface area contributed by atoms with Crippen molar-refractivity contribution in [3.8, 4) is 0 Å². The number of carbonyl (C=O) groups is 3. The van der Waals surface area contributed by atoms with Crippen LogP contribution < -0.4 is 0 Å². The van der Waals surface area contributed by atoms with Crippen LogP contribution in [0.1, 0.15) is 245 Å². The fourth-order valence-electron chi connectivity index (χ4n) is 7.07. The van der Waals surface area contributed by atoms with Crippen LogP contribution in [0.15, 0.2) is 72.9 Å². The van der Waals surface area contributed by atoms with Crippen molar-refractivity contribution < 1.29 is 28.6 Å². The molecule has 1 unspecified atom stereocenters. The minimum Gasteiger partial charge on any atom is -0.462 e. The van der Waals surface area contributed by atoms with Crippen molar-refractivity contribution in [1.82, 2.24) is 0 Å². The van der Waals surface area contributed by atoms with Gasteiger partial charge in [0.25, 0.3) is 0 Å². The molecule has 0 aliphatic carbocycles. The van der Waals surface area contributed by atoms with E-state index in [-0.39, 0.29) is 37.5 Å². The molecule has 0 aliphatic heterocycles. The molecule has 0 rings (SSSR count). The van der Waals surface area contributed by atoms with E-state index in [0.29, 0.717) is 19.3 Å². The smallest absolute Gasteiger partial charge is 0.306 e. The minimum absolute atomic E-state index is 0.101. The summed E-state index contributed by atoms with van der Waals surface area (Å²) in [7, 11) is 0. The van der Waals surface area contributed by atoms with Gasteiger partial charge in [0.1, 0.15) is 13.2 Å². The second kappa shape index (κ2) is 50.5. The van der Waals surface area contributed by atoms with Gasteiger partial charge in [0, 0.05) is 19.3 Å². The van der Waals surface area contributed by atoms with Gasteiger partial charge in [-0.3, -0.25) is 14.4 Å². The van der Waals surface area contributed by atoms with Gasteiger partial charge in [-0.25, -0.2) is 0 Å². The fourth-order valence-corrected chi connectivity index (χ4v) is 7.07. The summed E-state index contributed by atoms with van der Waals surface area (Å²) in [6.45, 7) is 6.43. The van der Waals surface area contributed by atoms with Gasteiger partial charge < -0.3 is 14.2 Å². The molecule has 0 aromatic heterocycles. The maximum absolute atomic E-state index is 12.8. The third-order valence-electron chi connectivity index (χ3n) is 11.0. The summed E-state index contributed by atoms with van der Waals surface area (Å²) in [6.07, 6.45) is 63.3. The molecule has 62 heavy (non-hydrogen) atoms. The van der Waals surface area contributed by atoms with Gasteiger partial charge in [0.05, 0.1) is 0 Å².